The fourth-order valence-corrected chi connectivity index (χ4v) is 1.80. The smallest absolute Gasteiger partial charge is 0.334 e. The summed E-state index contributed by atoms with van der Waals surface area (Å²) >= 11 is 10.6. The number of non-ortho nitro benzene ring substituents is 1. The third kappa shape index (κ3) is 2.18. The van der Waals surface area contributed by atoms with Crippen LogP contribution in [0.5, 0.6) is 0 Å². The summed E-state index contributed by atoms with van der Waals surface area (Å²) in [6, 6.07) is 2.49. The average molecular weight is 307 g/mol. The minimum Gasteiger partial charge on any atom is -0.334 e. The third-order valence-electron chi connectivity index (χ3n) is 2.27. The zero-order valence-corrected chi connectivity index (χ0v) is 10.3. The number of fused-ring (bicyclic) bond motifs is 1. The zero-order valence-electron chi connectivity index (χ0n) is 8.75. The maximum Gasteiger partial charge on any atom is 0.379 e. The van der Waals surface area contributed by atoms with E-state index in [0.717, 1.165) is 6.07 Å². The second-order valence-electron chi connectivity index (χ2n) is 3.43. The monoisotopic (exact) mass is 306 g/mol. The van der Waals surface area contributed by atoms with Gasteiger partial charge < -0.3 is 4.98 Å². The number of hydrogen-bond donors (Lipinski definition) is 1. The predicted molar refractivity (Wildman–Crippen MR) is 62.2 cm³/mol. The summed E-state index contributed by atoms with van der Waals surface area (Å²) in [5.41, 5.74) is -1.46. The first-order valence-corrected chi connectivity index (χ1v) is 5.35. The maximum absolute atomic E-state index is 12.9. The highest BCUT2D eigenvalue weighted by atomic mass is 35.5. The summed E-state index contributed by atoms with van der Waals surface area (Å²) in [6.07, 6.45) is 0. The second-order valence-corrected chi connectivity index (χ2v) is 4.29. The van der Waals surface area contributed by atoms with Crippen molar-refractivity contribution in [3.05, 3.63) is 32.6 Å². The van der Waals surface area contributed by atoms with Gasteiger partial charge in [-0.3, -0.25) is 10.1 Å². The van der Waals surface area contributed by atoms with Gasteiger partial charge >= 0.3 is 5.38 Å². The van der Waals surface area contributed by atoms with Gasteiger partial charge in [0.15, 0.2) is 11.3 Å². The topological polar surface area (TPSA) is 95.6 Å². The largest absolute Gasteiger partial charge is 0.379 e. The summed E-state index contributed by atoms with van der Waals surface area (Å²) in [5, 5.41) is 15.6. The molecule has 0 spiro atoms. The molecule has 1 aromatic heterocycles. The fraction of sp³-hybridized carbons (Fsp3) is 0.111. The van der Waals surface area contributed by atoms with Crippen LogP contribution in [0.15, 0.2) is 6.07 Å². The second kappa shape index (κ2) is 4.29. The molecule has 0 radical (unpaired) electrons. The van der Waals surface area contributed by atoms with Crippen LogP contribution in [-0.4, -0.2) is 14.9 Å². The molecular weight excluding hydrogens is 305 g/mol. The van der Waals surface area contributed by atoms with E-state index in [4.69, 9.17) is 28.5 Å². The number of halogens is 4. The number of aromatic amines is 1. The van der Waals surface area contributed by atoms with Gasteiger partial charge in [0, 0.05) is 6.07 Å². The summed E-state index contributed by atoms with van der Waals surface area (Å²) in [7, 11) is 0. The van der Waals surface area contributed by atoms with Crippen molar-refractivity contribution in [2.24, 2.45) is 0 Å². The van der Waals surface area contributed by atoms with Gasteiger partial charge in [-0.1, -0.05) is 11.6 Å². The molecule has 98 valence electrons. The standard InChI is InChI=1S/C9H2Cl2F2N4O2/c10-5-3(2-14)1-4(17(18)19)6-7(5)16-8(15-6)9(11,12)13/h1H,(H,15,16). The summed E-state index contributed by atoms with van der Waals surface area (Å²) in [6.45, 7) is 0. The van der Waals surface area contributed by atoms with E-state index in [1.54, 1.807) is 6.07 Å². The Balaban J connectivity index is 2.90. The molecule has 0 bridgehead atoms. The number of aromatic nitrogens is 2. The van der Waals surface area contributed by atoms with Crippen molar-refractivity contribution < 1.29 is 13.7 Å². The highest BCUT2D eigenvalue weighted by Crippen LogP contribution is 2.37. The number of imidazole rings is 1. The number of rotatable bonds is 2. The predicted octanol–water partition coefficient (Wildman–Crippen LogP) is 3.28. The van der Waals surface area contributed by atoms with E-state index in [1.165, 1.54) is 0 Å². The highest BCUT2D eigenvalue weighted by molar-refractivity contribution is 6.36. The first kappa shape index (κ1) is 13.5. The van der Waals surface area contributed by atoms with Crippen molar-refractivity contribution in [3.63, 3.8) is 0 Å². The van der Waals surface area contributed by atoms with Gasteiger partial charge in [0.05, 0.1) is 21.0 Å². The molecule has 10 heteroatoms. The van der Waals surface area contributed by atoms with Gasteiger partial charge in [0.2, 0.25) is 0 Å². The lowest BCUT2D eigenvalue weighted by Crippen LogP contribution is -2.05. The van der Waals surface area contributed by atoms with Crippen LogP contribution in [0.1, 0.15) is 11.4 Å². The van der Waals surface area contributed by atoms with Gasteiger partial charge in [-0.15, -0.1) is 0 Å². The normalized spacial score (nSPS) is 11.5. The van der Waals surface area contributed by atoms with Crippen LogP contribution in [0.4, 0.5) is 14.5 Å². The van der Waals surface area contributed by atoms with Gasteiger partial charge in [0.1, 0.15) is 6.07 Å². The summed E-state index contributed by atoms with van der Waals surface area (Å²) in [4.78, 5) is 15.4. The number of nitro groups is 1. The van der Waals surface area contributed by atoms with Gasteiger partial charge in [-0.25, -0.2) is 4.98 Å². The quantitative estimate of drug-likeness (QED) is 0.523. The van der Waals surface area contributed by atoms with Gasteiger partial charge in [-0.2, -0.15) is 14.0 Å². The SMILES string of the molecule is N#Cc1cc([N+](=O)[O-])c2nc(C(F)(F)Cl)[nH]c2c1Cl. The van der Waals surface area contributed by atoms with Crippen LogP contribution < -0.4 is 0 Å². The molecule has 6 nitrogen and oxygen atoms in total. The molecule has 1 N–H and O–H groups in total. The Morgan fingerprint density at radius 1 is 1.58 bits per heavy atom. The van der Waals surface area contributed by atoms with E-state index >= 15 is 0 Å². The van der Waals surface area contributed by atoms with E-state index in [9.17, 15) is 18.9 Å². The van der Waals surface area contributed by atoms with Crippen LogP contribution in [0.25, 0.3) is 11.0 Å². The van der Waals surface area contributed by atoms with Crippen LogP contribution in [0.2, 0.25) is 5.02 Å². The number of hydrogen-bond acceptors (Lipinski definition) is 4. The minimum atomic E-state index is -3.83. The number of H-pyrrole nitrogens is 1. The number of nitro benzene ring substituents is 1. The number of nitrogens with zero attached hydrogens (tertiary/aromatic N) is 3. The lowest BCUT2D eigenvalue weighted by molar-refractivity contribution is -0.383. The number of nitrogens with one attached hydrogen (secondary N) is 1. The van der Waals surface area contributed by atoms with E-state index in [0.29, 0.717) is 0 Å². The first-order chi connectivity index (χ1) is 8.75. The van der Waals surface area contributed by atoms with Crippen LogP contribution in [0.3, 0.4) is 0 Å². The Morgan fingerprint density at radius 3 is 2.68 bits per heavy atom. The summed E-state index contributed by atoms with van der Waals surface area (Å²) < 4.78 is 25.9. The molecule has 0 aliphatic heterocycles. The Hall–Kier alpha value is -1.98. The molecule has 0 saturated heterocycles. The third-order valence-corrected chi connectivity index (χ3v) is 2.84. The molecule has 0 amide bonds. The number of benzene rings is 1. The van der Waals surface area contributed by atoms with Crippen LogP contribution >= 0.6 is 23.2 Å². The lowest BCUT2D eigenvalue weighted by Gasteiger charge is -2.01. The Bertz CT molecular complexity index is 732. The minimum absolute atomic E-state index is 0.228. The van der Waals surface area contributed by atoms with Crippen molar-refractivity contribution in [2.75, 3.05) is 0 Å². The molecule has 1 aromatic carbocycles. The molecule has 2 rings (SSSR count). The van der Waals surface area contributed by atoms with Crippen molar-refractivity contribution in [3.8, 4) is 6.07 Å². The highest BCUT2D eigenvalue weighted by Gasteiger charge is 2.34. The molecule has 2 aromatic rings. The number of alkyl halides is 3. The molecule has 0 saturated carbocycles. The van der Waals surface area contributed by atoms with E-state index in [1.807, 2.05) is 0 Å². The Morgan fingerprint density at radius 2 is 2.21 bits per heavy atom. The molecular formula is C9H2Cl2F2N4O2. The van der Waals surface area contributed by atoms with Crippen molar-refractivity contribution in [2.45, 2.75) is 5.38 Å². The fourth-order valence-electron chi connectivity index (χ4n) is 1.48. The van der Waals surface area contributed by atoms with Crippen LogP contribution in [-0.2, 0) is 5.38 Å². The molecule has 0 aliphatic rings. The first-order valence-electron chi connectivity index (χ1n) is 4.59. The van der Waals surface area contributed by atoms with Crippen LogP contribution in [0, 0.1) is 21.4 Å². The Kier molecular flexibility index (Phi) is 3.04. The molecule has 19 heavy (non-hydrogen) atoms. The maximum atomic E-state index is 12.9. The lowest BCUT2D eigenvalue weighted by atomic mass is 10.2. The van der Waals surface area contributed by atoms with Gasteiger partial charge in [0.25, 0.3) is 5.69 Å². The van der Waals surface area contributed by atoms with Crippen molar-refractivity contribution in [1.82, 2.24) is 9.97 Å². The molecule has 1 heterocycles. The van der Waals surface area contributed by atoms with E-state index in [-0.39, 0.29) is 21.6 Å². The van der Waals surface area contributed by atoms with Gasteiger partial charge in [-0.05, 0) is 11.6 Å². The Labute approximate surface area is 113 Å². The van der Waals surface area contributed by atoms with Crippen molar-refractivity contribution in [1.29, 1.82) is 5.26 Å². The zero-order chi connectivity index (χ0) is 14.4. The number of nitriles is 1. The van der Waals surface area contributed by atoms with E-state index in [2.05, 4.69) is 9.97 Å². The molecule has 0 aliphatic carbocycles. The molecule has 0 unspecified atom stereocenters. The summed E-state index contributed by atoms with van der Waals surface area (Å²) in [5.74, 6) is -0.982. The average Bonchev–Trinajstić information content (AvgIpc) is 2.74. The molecule has 0 fully saturated rings. The van der Waals surface area contributed by atoms with E-state index < -0.39 is 21.8 Å². The van der Waals surface area contributed by atoms with Crippen molar-refractivity contribution >= 4 is 39.9 Å². The molecule has 0 atom stereocenters.